The number of esters is 1. The molecular formula is C21H21FN2O2. The van der Waals surface area contributed by atoms with Crippen molar-refractivity contribution in [1.82, 2.24) is 9.78 Å². The number of aryl methyl sites for hydroxylation is 3. The SMILES string of the molecule is CCCc1cc(OC(=O)c2ccc(F)cc2)n(-c2ccc(C)cc2C)n1. The lowest BCUT2D eigenvalue weighted by Crippen LogP contribution is -2.12. The molecule has 0 fully saturated rings. The van der Waals surface area contributed by atoms with Crippen molar-refractivity contribution in [1.29, 1.82) is 0 Å². The van der Waals surface area contributed by atoms with Gasteiger partial charge in [0.2, 0.25) is 5.88 Å². The van der Waals surface area contributed by atoms with Gasteiger partial charge in [-0.25, -0.2) is 13.9 Å². The second-order valence-electron chi connectivity index (χ2n) is 6.32. The maximum Gasteiger partial charge on any atom is 0.344 e. The average Bonchev–Trinajstić information content (AvgIpc) is 2.98. The molecule has 2 aromatic carbocycles. The van der Waals surface area contributed by atoms with Crippen LogP contribution < -0.4 is 4.74 Å². The third kappa shape index (κ3) is 3.82. The zero-order chi connectivity index (χ0) is 18.7. The summed E-state index contributed by atoms with van der Waals surface area (Å²) in [6.07, 6.45) is 1.73. The molecule has 26 heavy (non-hydrogen) atoms. The first-order chi connectivity index (χ1) is 12.5. The summed E-state index contributed by atoms with van der Waals surface area (Å²) in [6, 6.07) is 13.1. The lowest BCUT2D eigenvalue weighted by Gasteiger charge is -2.11. The molecule has 0 aliphatic carbocycles. The van der Waals surface area contributed by atoms with Crippen molar-refractivity contribution in [3.05, 3.63) is 76.7 Å². The fourth-order valence-corrected chi connectivity index (χ4v) is 2.82. The van der Waals surface area contributed by atoms with Gasteiger partial charge in [0, 0.05) is 6.07 Å². The monoisotopic (exact) mass is 352 g/mol. The smallest absolute Gasteiger partial charge is 0.344 e. The van der Waals surface area contributed by atoms with Gasteiger partial charge in [-0.2, -0.15) is 5.10 Å². The third-order valence-electron chi connectivity index (χ3n) is 4.09. The van der Waals surface area contributed by atoms with E-state index in [0.29, 0.717) is 5.88 Å². The van der Waals surface area contributed by atoms with Gasteiger partial charge in [0.05, 0.1) is 16.9 Å². The van der Waals surface area contributed by atoms with E-state index in [9.17, 15) is 9.18 Å². The average molecular weight is 352 g/mol. The molecular weight excluding hydrogens is 331 g/mol. The van der Waals surface area contributed by atoms with Crippen molar-refractivity contribution in [3.8, 4) is 11.6 Å². The van der Waals surface area contributed by atoms with E-state index in [-0.39, 0.29) is 5.56 Å². The zero-order valence-corrected chi connectivity index (χ0v) is 15.1. The van der Waals surface area contributed by atoms with Crippen LogP contribution in [0.4, 0.5) is 4.39 Å². The molecule has 0 spiro atoms. The van der Waals surface area contributed by atoms with Gasteiger partial charge in [-0.15, -0.1) is 0 Å². The summed E-state index contributed by atoms with van der Waals surface area (Å²) in [4.78, 5) is 12.4. The van der Waals surface area contributed by atoms with Crippen molar-refractivity contribution >= 4 is 5.97 Å². The molecule has 1 heterocycles. The number of carbonyl (C=O) groups is 1. The normalized spacial score (nSPS) is 10.8. The van der Waals surface area contributed by atoms with Crippen LogP contribution in [0.25, 0.3) is 5.69 Å². The number of halogens is 1. The number of nitrogens with zero attached hydrogens (tertiary/aromatic N) is 2. The molecule has 0 aliphatic rings. The molecule has 3 aromatic rings. The Morgan fingerprint density at radius 3 is 2.50 bits per heavy atom. The Morgan fingerprint density at radius 1 is 1.12 bits per heavy atom. The van der Waals surface area contributed by atoms with Gasteiger partial charge in [-0.3, -0.25) is 0 Å². The van der Waals surface area contributed by atoms with Crippen LogP contribution in [-0.4, -0.2) is 15.7 Å². The number of aromatic nitrogens is 2. The molecule has 3 rings (SSSR count). The highest BCUT2D eigenvalue weighted by molar-refractivity contribution is 5.90. The summed E-state index contributed by atoms with van der Waals surface area (Å²) < 4.78 is 20.3. The quantitative estimate of drug-likeness (QED) is 0.620. The van der Waals surface area contributed by atoms with Gasteiger partial charge < -0.3 is 4.74 Å². The second-order valence-corrected chi connectivity index (χ2v) is 6.32. The molecule has 0 atom stereocenters. The molecule has 0 aliphatic heterocycles. The van der Waals surface area contributed by atoms with E-state index in [4.69, 9.17) is 4.74 Å². The topological polar surface area (TPSA) is 44.1 Å². The van der Waals surface area contributed by atoms with Gasteiger partial charge in [-0.05, 0) is 56.2 Å². The van der Waals surface area contributed by atoms with Crippen LogP contribution in [0.5, 0.6) is 5.88 Å². The fraction of sp³-hybridized carbons (Fsp3) is 0.238. The Balaban J connectivity index is 1.97. The van der Waals surface area contributed by atoms with Crippen molar-refractivity contribution in [2.45, 2.75) is 33.6 Å². The first kappa shape index (κ1) is 17.9. The van der Waals surface area contributed by atoms with Gasteiger partial charge >= 0.3 is 5.97 Å². The van der Waals surface area contributed by atoms with E-state index in [2.05, 4.69) is 18.1 Å². The highest BCUT2D eigenvalue weighted by atomic mass is 19.1. The van der Waals surface area contributed by atoms with Gasteiger partial charge in [-0.1, -0.05) is 31.0 Å². The van der Waals surface area contributed by atoms with E-state index >= 15 is 0 Å². The van der Waals surface area contributed by atoms with E-state index in [1.165, 1.54) is 24.3 Å². The van der Waals surface area contributed by atoms with Crippen LogP contribution in [0.1, 0.15) is 40.5 Å². The Kier molecular flexibility index (Phi) is 5.16. The Labute approximate surface area is 152 Å². The number of rotatable bonds is 5. The Bertz CT molecular complexity index is 930. The summed E-state index contributed by atoms with van der Waals surface area (Å²) in [5.74, 6) is -0.583. The maximum atomic E-state index is 13.1. The summed E-state index contributed by atoms with van der Waals surface area (Å²) in [6.45, 7) is 6.09. The first-order valence-corrected chi connectivity index (χ1v) is 8.62. The minimum atomic E-state index is -0.543. The number of hydrogen-bond donors (Lipinski definition) is 0. The lowest BCUT2D eigenvalue weighted by molar-refractivity contribution is 0.0723. The number of benzene rings is 2. The summed E-state index contributed by atoms with van der Waals surface area (Å²) in [7, 11) is 0. The zero-order valence-electron chi connectivity index (χ0n) is 15.1. The van der Waals surface area contributed by atoms with Crippen LogP contribution in [0.2, 0.25) is 0 Å². The summed E-state index contributed by atoms with van der Waals surface area (Å²) in [5, 5.41) is 4.60. The highest BCUT2D eigenvalue weighted by Crippen LogP contribution is 2.24. The van der Waals surface area contributed by atoms with Gasteiger partial charge in [0.15, 0.2) is 0 Å². The van der Waals surface area contributed by atoms with Crippen LogP contribution >= 0.6 is 0 Å². The van der Waals surface area contributed by atoms with Crippen LogP contribution in [0.15, 0.2) is 48.5 Å². The minimum absolute atomic E-state index is 0.289. The maximum absolute atomic E-state index is 13.1. The van der Waals surface area contributed by atoms with E-state index in [1.54, 1.807) is 10.7 Å². The Morgan fingerprint density at radius 2 is 1.85 bits per heavy atom. The minimum Gasteiger partial charge on any atom is -0.404 e. The predicted molar refractivity (Wildman–Crippen MR) is 98.4 cm³/mol. The van der Waals surface area contributed by atoms with Gasteiger partial charge in [0.1, 0.15) is 5.82 Å². The lowest BCUT2D eigenvalue weighted by atomic mass is 10.1. The molecule has 1 aromatic heterocycles. The van der Waals surface area contributed by atoms with Crippen molar-refractivity contribution in [2.75, 3.05) is 0 Å². The fourth-order valence-electron chi connectivity index (χ4n) is 2.82. The molecule has 0 unspecified atom stereocenters. The molecule has 0 bridgehead atoms. The summed E-state index contributed by atoms with van der Waals surface area (Å²) >= 11 is 0. The molecule has 0 amide bonds. The van der Waals surface area contributed by atoms with Gasteiger partial charge in [0.25, 0.3) is 0 Å². The van der Waals surface area contributed by atoms with Crippen LogP contribution in [-0.2, 0) is 6.42 Å². The second kappa shape index (κ2) is 7.52. The largest absolute Gasteiger partial charge is 0.404 e. The molecule has 5 heteroatoms. The van der Waals surface area contributed by atoms with Crippen molar-refractivity contribution in [2.24, 2.45) is 0 Å². The molecule has 0 N–H and O–H groups in total. The molecule has 0 saturated heterocycles. The van der Waals surface area contributed by atoms with Crippen molar-refractivity contribution < 1.29 is 13.9 Å². The molecule has 134 valence electrons. The summed E-state index contributed by atoms with van der Waals surface area (Å²) in [5.41, 5.74) is 4.19. The standard InChI is InChI=1S/C21H21FN2O2/c1-4-5-18-13-20(26-21(25)16-7-9-17(22)10-8-16)24(23-18)19-11-6-14(2)12-15(19)3/h6-13H,4-5H2,1-3H3. The third-order valence-corrected chi connectivity index (χ3v) is 4.09. The Hall–Kier alpha value is -2.95. The van der Waals surface area contributed by atoms with E-state index < -0.39 is 11.8 Å². The number of ether oxygens (including phenoxy) is 1. The molecule has 0 saturated carbocycles. The van der Waals surface area contributed by atoms with E-state index in [0.717, 1.165) is 35.3 Å². The van der Waals surface area contributed by atoms with Crippen molar-refractivity contribution in [3.63, 3.8) is 0 Å². The predicted octanol–water partition coefficient (Wildman–Crippen LogP) is 4.80. The number of hydrogen-bond acceptors (Lipinski definition) is 3. The number of carbonyl (C=O) groups excluding carboxylic acids is 1. The molecule has 4 nitrogen and oxygen atoms in total. The first-order valence-electron chi connectivity index (χ1n) is 8.62. The highest BCUT2D eigenvalue weighted by Gasteiger charge is 2.17. The van der Waals surface area contributed by atoms with E-state index in [1.807, 2.05) is 26.0 Å². The van der Waals surface area contributed by atoms with Crippen LogP contribution in [0.3, 0.4) is 0 Å². The molecule has 0 radical (unpaired) electrons. The van der Waals surface area contributed by atoms with Crippen LogP contribution in [0, 0.1) is 19.7 Å².